The van der Waals surface area contributed by atoms with Crippen LogP contribution in [-0.4, -0.2) is 21.6 Å². The van der Waals surface area contributed by atoms with Crippen molar-refractivity contribution < 1.29 is 13.6 Å². The summed E-state index contributed by atoms with van der Waals surface area (Å²) in [6.45, 7) is 0. The average Bonchev–Trinajstić information content (AvgIpc) is 3.55. The number of amides is 1. The molecule has 0 aliphatic heterocycles. The van der Waals surface area contributed by atoms with Crippen molar-refractivity contribution >= 4 is 34.1 Å². The van der Waals surface area contributed by atoms with Crippen LogP contribution in [0.1, 0.15) is 6.42 Å². The Bertz CT molecular complexity index is 1250. The third-order valence-electron chi connectivity index (χ3n) is 4.84. The molecule has 0 saturated heterocycles. The van der Waals surface area contributed by atoms with Gasteiger partial charge in [0, 0.05) is 23.2 Å². The fourth-order valence-electron chi connectivity index (χ4n) is 3.40. The fraction of sp³-hybridized carbons (Fsp3) is 0.0833. The van der Waals surface area contributed by atoms with Crippen molar-refractivity contribution in [2.45, 2.75) is 11.6 Å². The second-order valence-electron chi connectivity index (χ2n) is 6.89. The van der Waals surface area contributed by atoms with E-state index >= 15 is 0 Å². The molecule has 5 aromatic rings. The first-order valence-electron chi connectivity index (χ1n) is 9.86. The number of hydrogen-bond donors (Lipinski definition) is 2. The van der Waals surface area contributed by atoms with Gasteiger partial charge in [0.05, 0.1) is 12.5 Å². The lowest BCUT2D eigenvalue weighted by Crippen LogP contribution is -2.12. The van der Waals surface area contributed by atoms with Crippen molar-refractivity contribution in [3.63, 3.8) is 0 Å². The van der Waals surface area contributed by atoms with E-state index in [1.807, 2.05) is 66.7 Å². The summed E-state index contributed by atoms with van der Waals surface area (Å²) >= 11 is 1.48. The topological polar surface area (TPSA) is 84.1 Å². The molecule has 0 fully saturated rings. The number of nitrogens with one attached hydrogen (secondary N) is 2. The van der Waals surface area contributed by atoms with Crippen LogP contribution in [0.4, 0.5) is 5.69 Å². The van der Waals surface area contributed by atoms with Gasteiger partial charge in [-0.3, -0.25) is 4.79 Å². The van der Waals surface area contributed by atoms with E-state index < -0.39 is 0 Å². The summed E-state index contributed by atoms with van der Waals surface area (Å²) in [4.78, 5) is 20.4. The summed E-state index contributed by atoms with van der Waals surface area (Å²) in [5.74, 6) is 1.88. The van der Waals surface area contributed by atoms with Crippen molar-refractivity contribution in [2.75, 3.05) is 11.1 Å². The van der Waals surface area contributed by atoms with E-state index in [0.29, 0.717) is 34.5 Å². The highest BCUT2D eigenvalue weighted by atomic mass is 32.2. The van der Waals surface area contributed by atoms with Crippen LogP contribution >= 0.6 is 11.8 Å². The van der Waals surface area contributed by atoms with Crippen LogP contribution in [0, 0.1) is 0 Å². The minimum Gasteiger partial charge on any atom is -0.463 e. The van der Waals surface area contributed by atoms with Gasteiger partial charge in [0.15, 0.2) is 16.7 Å². The third-order valence-corrected chi connectivity index (χ3v) is 5.71. The molecule has 0 bridgehead atoms. The number of hydrogen-bond acceptors (Lipinski definition) is 5. The van der Waals surface area contributed by atoms with Crippen LogP contribution in [0.2, 0.25) is 0 Å². The molecule has 0 radical (unpaired) electrons. The Morgan fingerprint density at radius 3 is 2.52 bits per heavy atom. The number of benzene rings is 2. The maximum absolute atomic E-state index is 12.5. The molecule has 6 nitrogen and oxygen atoms in total. The number of nitrogens with zero attached hydrogens (tertiary/aromatic N) is 1. The number of aromatic nitrogens is 2. The van der Waals surface area contributed by atoms with Crippen molar-refractivity contribution in [1.82, 2.24) is 9.97 Å². The molecule has 0 saturated carbocycles. The van der Waals surface area contributed by atoms with E-state index in [2.05, 4.69) is 15.3 Å². The smallest absolute Gasteiger partial charge is 0.225 e. The van der Waals surface area contributed by atoms with E-state index in [0.717, 1.165) is 22.2 Å². The van der Waals surface area contributed by atoms with Crippen LogP contribution in [0.5, 0.6) is 0 Å². The van der Waals surface area contributed by atoms with E-state index in [1.54, 1.807) is 12.5 Å². The van der Waals surface area contributed by atoms with E-state index in [4.69, 9.17) is 8.83 Å². The molecule has 3 aromatic heterocycles. The Hall–Kier alpha value is -3.71. The molecule has 0 unspecified atom stereocenters. The van der Waals surface area contributed by atoms with Crippen molar-refractivity contribution in [1.29, 1.82) is 0 Å². The summed E-state index contributed by atoms with van der Waals surface area (Å²) in [7, 11) is 0. The highest BCUT2D eigenvalue weighted by molar-refractivity contribution is 7.99. The Morgan fingerprint density at radius 1 is 0.935 bits per heavy atom. The van der Waals surface area contributed by atoms with E-state index in [1.165, 1.54) is 11.8 Å². The summed E-state index contributed by atoms with van der Waals surface area (Å²) in [6.07, 6.45) is 3.59. The fourth-order valence-corrected chi connectivity index (χ4v) is 4.21. The quantitative estimate of drug-likeness (QED) is 0.301. The maximum atomic E-state index is 12.5. The summed E-state index contributed by atoms with van der Waals surface area (Å²) in [5, 5.41) is 5.85. The highest BCUT2D eigenvalue weighted by Crippen LogP contribution is 2.33. The van der Waals surface area contributed by atoms with Crippen LogP contribution in [0.15, 0.2) is 93.2 Å². The number of carbonyl (C=O) groups excluding carboxylic acids is 1. The predicted molar refractivity (Wildman–Crippen MR) is 122 cm³/mol. The minimum absolute atomic E-state index is 0.0343. The van der Waals surface area contributed by atoms with Gasteiger partial charge in [-0.15, -0.1) is 0 Å². The van der Waals surface area contributed by atoms with Crippen LogP contribution in [-0.2, 0) is 4.79 Å². The predicted octanol–water partition coefficient (Wildman–Crippen LogP) is 6.20. The summed E-state index contributed by atoms with van der Waals surface area (Å²) in [5.41, 5.74) is 2.26. The molecule has 0 spiro atoms. The molecular weight excluding hydrogens is 410 g/mol. The molecule has 5 rings (SSSR count). The van der Waals surface area contributed by atoms with E-state index in [9.17, 15) is 4.79 Å². The van der Waals surface area contributed by atoms with Gasteiger partial charge >= 0.3 is 0 Å². The van der Waals surface area contributed by atoms with Crippen molar-refractivity contribution in [3.05, 3.63) is 79.3 Å². The number of rotatable bonds is 7. The third kappa shape index (κ3) is 4.13. The normalized spacial score (nSPS) is 11.1. The maximum Gasteiger partial charge on any atom is 0.225 e. The molecule has 31 heavy (non-hydrogen) atoms. The minimum atomic E-state index is -0.0343. The first-order chi connectivity index (χ1) is 15.3. The standard InChI is InChI=1S/C24H19N3O3S/c28-21(25-18-9-3-7-16-6-1-2-8-17(16)18)12-15-31-24-26-22(19-10-4-13-29-19)23(27-24)20-11-5-14-30-20/h1-11,13-14H,12,15H2,(H,25,28)(H,26,27). The molecular formula is C24H19N3O3S. The van der Waals surface area contributed by atoms with Crippen LogP contribution in [0.25, 0.3) is 33.7 Å². The Labute approximate surface area is 182 Å². The second kappa shape index (κ2) is 8.57. The zero-order valence-corrected chi connectivity index (χ0v) is 17.3. The first kappa shape index (κ1) is 19.3. The Balaban J connectivity index is 1.26. The van der Waals surface area contributed by atoms with Gasteiger partial charge in [0.2, 0.25) is 5.91 Å². The SMILES string of the molecule is O=C(CCSc1nc(-c2ccco2)c(-c2ccco2)[nH]1)Nc1cccc2ccccc12. The molecule has 1 amide bonds. The molecule has 2 aromatic carbocycles. The summed E-state index contributed by atoms with van der Waals surface area (Å²) < 4.78 is 11.0. The van der Waals surface area contributed by atoms with Crippen molar-refractivity contribution in [2.24, 2.45) is 0 Å². The van der Waals surface area contributed by atoms with Gasteiger partial charge in [0.25, 0.3) is 0 Å². The molecule has 0 aliphatic rings. The zero-order chi connectivity index (χ0) is 21.0. The molecule has 3 heterocycles. The number of fused-ring (bicyclic) bond motifs is 1. The van der Waals surface area contributed by atoms with Gasteiger partial charge in [-0.2, -0.15) is 0 Å². The molecule has 154 valence electrons. The highest BCUT2D eigenvalue weighted by Gasteiger charge is 2.18. The number of carbonyl (C=O) groups is 1. The van der Waals surface area contributed by atoms with Crippen molar-refractivity contribution in [3.8, 4) is 22.9 Å². The van der Waals surface area contributed by atoms with Gasteiger partial charge in [-0.1, -0.05) is 48.2 Å². The van der Waals surface area contributed by atoms with E-state index in [-0.39, 0.29) is 5.91 Å². The monoisotopic (exact) mass is 429 g/mol. The number of anilines is 1. The molecule has 0 atom stereocenters. The van der Waals surface area contributed by atoms with Gasteiger partial charge < -0.3 is 19.1 Å². The molecule has 2 N–H and O–H groups in total. The number of aromatic amines is 1. The number of imidazole rings is 1. The van der Waals surface area contributed by atoms with Gasteiger partial charge in [0.1, 0.15) is 11.4 Å². The van der Waals surface area contributed by atoms with Gasteiger partial charge in [-0.05, 0) is 35.7 Å². The molecule has 7 heteroatoms. The lowest BCUT2D eigenvalue weighted by Gasteiger charge is -2.08. The second-order valence-corrected chi connectivity index (χ2v) is 7.98. The average molecular weight is 430 g/mol. The van der Waals surface area contributed by atoms with Gasteiger partial charge in [-0.25, -0.2) is 4.98 Å². The number of furan rings is 2. The largest absolute Gasteiger partial charge is 0.463 e. The Morgan fingerprint density at radius 2 is 1.71 bits per heavy atom. The van der Waals surface area contributed by atoms with Crippen LogP contribution < -0.4 is 5.32 Å². The molecule has 0 aliphatic carbocycles. The lowest BCUT2D eigenvalue weighted by atomic mass is 10.1. The lowest BCUT2D eigenvalue weighted by molar-refractivity contribution is -0.115. The van der Waals surface area contributed by atoms with Crippen LogP contribution in [0.3, 0.4) is 0 Å². The number of thioether (sulfide) groups is 1. The summed E-state index contributed by atoms with van der Waals surface area (Å²) in [6, 6.07) is 21.3. The first-order valence-corrected chi connectivity index (χ1v) is 10.8. The number of H-pyrrole nitrogens is 1. The zero-order valence-electron chi connectivity index (χ0n) is 16.5. The Kier molecular flexibility index (Phi) is 5.33.